The lowest BCUT2D eigenvalue weighted by Crippen LogP contribution is -2.41. The first-order valence-corrected chi connectivity index (χ1v) is 11.8. The van der Waals surface area contributed by atoms with Crippen LogP contribution in [-0.2, 0) is 9.31 Å². The third-order valence-corrected chi connectivity index (χ3v) is 6.91. The molecule has 34 heavy (non-hydrogen) atoms. The molecule has 1 saturated heterocycles. The Kier molecular flexibility index (Phi) is 5.88. The summed E-state index contributed by atoms with van der Waals surface area (Å²) < 4.78 is 12.1. The quantitative estimate of drug-likeness (QED) is 0.344. The summed E-state index contributed by atoms with van der Waals surface area (Å²) in [5.74, 6) is 4.19. The lowest BCUT2D eigenvalue weighted by atomic mass is 9.71. The molecule has 4 nitrogen and oxygen atoms in total. The molecule has 0 spiro atoms. The highest BCUT2D eigenvalue weighted by atomic mass is 16.7. The van der Waals surface area contributed by atoms with E-state index in [0.717, 1.165) is 22.5 Å². The van der Waals surface area contributed by atoms with Gasteiger partial charge in [0.25, 0.3) is 0 Å². The van der Waals surface area contributed by atoms with Crippen LogP contribution in [0.3, 0.4) is 0 Å². The standard InChI is InChI=1S/C28H30B2N2O2/c1-27(2)28(3,4)34-30(33-27)19-9-8-14-23(21-12-6-5-7-13-21)20-29-31-24-17-10-15-22-16-11-18-25(32-29)26(22)24/h5-20,31-32H,1-4H3/b14-8+,19-9+,23-20-. The predicted octanol–water partition coefficient (Wildman–Crippen LogP) is 6.53. The van der Waals surface area contributed by atoms with E-state index in [2.05, 4.69) is 111 Å². The highest BCUT2D eigenvalue weighted by Gasteiger charge is 2.49. The van der Waals surface area contributed by atoms with Gasteiger partial charge in [-0.15, -0.1) is 0 Å². The normalized spacial score (nSPS) is 19.1. The van der Waals surface area contributed by atoms with Crippen LogP contribution in [0.15, 0.2) is 96.9 Å². The van der Waals surface area contributed by atoms with Crippen molar-refractivity contribution in [2.75, 3.05) is 10.5 Å². The summed E-state index contributed by atoms with van der Waals surface area (Å²) in [5, 5.41) is 9.73. The van der Waals surface area contributed by atoms with Crippen molar-refractivity contribution in [2.45, 2.75) is 38.9 Å². The monoisotopic (exact) mass is 448 g/mol. The van der Waals surface area contributed by atoms with Crippen LogP contribution < -0.4 is 10.5 Å². The number of benzene rings is 3. The predicted molar refractivity (Wildman–Crippen MR) is 146 cm³/mol. The molecule has 3 aromatic carbocycles. The highest BCUT2D eigenvalue weighted by molar-refractivity contribution is 6.73. The van der Waals surface area contributed by atoms with Crippen molar-refractivity contribution in [1.82, 2.24) is 0 Å². The van der Waals surface area contributed by atoms with Crippen LogP contribution in [0.5, 0.6) is 0 Å². The molecule has 0 aliphatic carbocycles. The fraction of sp³-hybridized carbons (Fsp3) is 0.214. The molecule has 0 aromatic heterocycles. The van der Waals surface area contributed by atoms with Crippen molar-refractivity contribution in [3.63, 3.8) is 0 Å². The van der Waals surface area contributed by atoms with Gasteiger partial charge < -0.3 is 19.8 Å². The van der Waals surface area contributed by atoms with E-state index in [9.17, 15) is 0 Å². The van der Waals surface area contributed by atoms with Gasteiger partial charge in [0, 0.05) is 16.8 Å². The van der Waals surface area contributed by atoms with E-state index in [1.165, 1.54) is 10.8 Å². The second-order valence-corrected chi connectivity index (χ2v) is 9.83. The summed E-state index contributed by atoms with van der Waals surface area (Å²) in [6.45, 7) is 8.23. The molecule has 5 rings (SSSR count). The molecule has 3 aromatic rings. The lowest BCUT2D eigenvalue weighted by Gasteiger charge is -2.32. The Hall–Kier alpha value is -3.21. The van der Waals surface area contributed by atoms with Gasteiger partial charge in [-0.05, 0) is 56.4 Å². The summed E-state index contributed by atoms with van der Waals surface area (Å²) in [5.41, 5.74) is 3.89. The highest BCUT2D eigenvalue weighted by Crippen LogP contribution is 2.37. The molecule has 0 bridgehead atoms. The van der Waals surface area contributed by atoms with Crippen molar-refractivity contribution < 1.29 is 9.31 Å². The Morgan fingerprint density at radius 2 is 1.38 bits per heavy atom. The molecule has 0 unspecified atom stereocenters. The summed E-state index contributed by atoms with van der Waals surface area (Å²) >= 11 is 0. The van der Waals surface area contributed by atoms with Crippen LogP contribution in [0, 0.1) is 0 Å². The van der Waals surface area contributed by atoms with E-state index in [0.29, 0.717) is 0 Å². The largest absolute Gasteiger partial charge is 0.487 e. The molecule has 0 amide bonds. The molecule has 0 atom stereocenters. The number of allylic oxidation sites excluding steroid dienone is 4. The van der Waals surface area contributed by atoms with Crippen molar-refractivity contribution in [1.29, 1.82) is 0 Å². The van der Waals surface area contributed by atoms with Crippen LogP contribution in [-0.4, -0.2) is 25.3 Å². The van der Waals surface area contributed by atoms with E-state index in [1.54, 1.807) is 0 Å². The van der Waals surface area contributed by atoms with Gasteiger partial charge in [0.1, 0.15) is 0 Å². The Morgan fingerprint density at radius 1 is 0.765 bits per heavy atom. The second-order valence-electron chi connectivity index (χ2n) is 9.83. The van der Waals surface area contributed by atoms with Crippen LogP contribution in [0.4, 0.5) is 11.4 Å². The molecule has 2 heterocycles. The topological polar surface area (TPSA) is 42.5 Å². The fourth-order valence-corrected chi connectivity index (χ4v) is 4.38. The van der Waals surface area contributed by atoms with E-state index >= 15 is 0 Å². The van der Waals surface area contributed by atoms with Crippen LogP contribution in [0.1, 0.15) is 33.3 Å². The maximum absolute atomic E-state index is 6.06. The average molecular weight is 448 g/mol. The summed E-state index contributed by atoms with van der Waals surface area (Å²) in [6.07, 6.45) is 6.17. The van der Waals surface area contributed by atoms with E-state index in [4.69, 9.17) is 9.31 Å². The van der Waals surface area contributed by atoms with Gasteiger partial charge in [0.05, 0.1) is 11.2 Å². The zero-order valence-electron chi connectivity index (χ0n) is 20.2. The van der Waals surface area contributed by atoms with Crippen molar-refractivity contribution in [3.05, 3.63) is 102 Å². The molecule has 6 heteroatoms. The molecule has 1 fully saturated rings. The minimum absolute atomic E-state index is 0.0348. The van der Waals surface area contributed by atoms with Crippen molar-refractivity contribution in [2.24, 2.45) is 0 Å². The molecule has 170 valence electrons. The smallest absolute Gasteiger partial charge is 0.405 e. The number of nitrogens with one attached hydrogen (secondary N) is 2. The van der Waals surface area contributed by atoms with Crippen LogP contribution in [0.25, 0.3) is 16.3 Å². The van der Waals surface area contributed by atoms with Gasteiger partial charge in [-0.3, -0.25) is 0 Å². The van der Waals surface area contributed by atoms with Gasteiger partial charge in [-0.2, -0.15) is 0 Å². The van der Waals surface area contributed by atoms with Gasteiger partial charge >= 0.3 is 14.1 Å². The summed E-state index contributed by atoms with van der Waals surface area (Å²) in [6, 6.07) is 23.2. The third kappa shape index (κ3) is 4.44. The second kappa shape index (κ2) is 8.86. The first-order valence-electron chi connectivity index (χ1n) is 11.8. The molecule has 2 aliphatic rings. The number of rotatable bonds is 5. The molecule has 0 saturated carbocycles. The van der Waals surface area contributed by atoms with Crippen LogP contribution >= 0.6 is 0 Å². The zero-order chi connectivity index (χ0) is 23.8. The first kappa shape index (κ1) is 22.6. The minimum Gasteiger partial charge on any atom is -0.405 e. The van der Waals surface area contributed by atoms with E-state index in [-0.39, 0.29) is 25.3 Å². The average Bonchev–Trinajstić information content (AvgIpc) is 3.02. The number of anilines is 2. The van der Waals surface area contributed by atoms with Gasteiger partial charge in [0.2, 0.25) is 0 Å². The fourth-order valence-electron chi connectivity index (χ4n) is 4.38. The molecule has 0 radical (unpaired) electrons. The Labute approximate surface area is 203 Å². The van der Waals surface area contributed by atoms with E-state index < -0.39 is 0 Å². The molecular formula is C28H30B2N2O2. The van der Waals surface area contributed by atoms with Crippen LogP contribution in [0.2, 0.25) is 0 Å². The Balaban J connectivity index is 1.38. The van der Waals surface area contributed by atoms with Crippen molar-refractivity contribution in [3.8, 4) is 0 Å². The number of hydrogen-bond donors (Lipinski definition) is 2. The maximum atomic E-state index is 6.06. The number of hydrogen-bond acceptors (Lipinski definition) is 4. The molecule has 2 N–H and O–H groups in total. The Bertz CT molecular complexity index is 1230. The van der Waals surface area contributed by atoms with Gasteiger partial charge in [-0.1, -0.05) is 84.8 Å². The summed E-state index contributed by atoms with van der Waals surface area (Å²) in [7, 11) is -0.350. The van der Waals surface area contributed by atoms with Gasteiger partial charge in [0.15, 0.2) is 0 Å². The maximum Gasteiger partial charge on any atom is 0.487 e. The SMILES string of the molecule is CC1(C)OB(/C=C/C=C/C(=C/B2Nc3cccc4cccc(c34)N2)c2ccccc2)OC1(C)C. The van der Waals surface area contributed by atoms with Crippen molar-refractivity contribution >= 4 is 41.8 Å². The van der Waals surface area contributed by atoms with E-state index in [1.807, 2.05) is 24.2 Å². The lowest BCUT2D eigenvalue weighted by molar-refractivity contribution is 0.00578. The van der Waals surface area contributed by atoms with Gasteiger partial charge in [-0.25, -0.2) is 0 Å². The minimum atomic E-state index is -0.350. The molecule has 2 aliphatic heterocycles. The third-order valence-electron chi connectivity index (χ3n) is 6.91. The first-order chi connectivity index (χ1) is 16.3. The molecular weight excluding hydrogens is 418 g/mol. The summed E-state index contributed by atoms with van der Waals surface area (Å²) in [4.78, 5) is 0. The Morgan fingerprint density at radius 3 is 2.00 bits per heavy atom. The zero-order valence-corrected chi connectivity index (χ0v) is 20.2.